The lowest BCUT2D eigenvalue weighted by molar-refractivity contribution is -0.209. The number of hydrogen-bond acceptors (Lipinski definition) is 4. The fourth-order valence-electron chi connectivity index (χ4n) is 4.17. The van der Waals surface area contributed by atoms with Gasteiger partial charge in [0.05, 0.1) is 12.9 Å². The SMILES string of the molecule is C=C(F)[C@H](CC=C[C@H]1CCC[C@@H]1CCCCCC(O)(O)C(=O)OC)CCCC. The molecule has 1 fully saturated rings. The lowest BCUT2D eigenvalue weighted by atomic mass is 9.89. The van der Waals surface area contributed by atoms with Crippen molar-refractivity contribution in [1.29, 1.82) is 0 Å². The molecule has 0 saturated heterocycles. The van der Waals surface area contributed by atoms with Crippen molar-refractivity contribution in [2.75, 3.05) is 7.11 Å². The Kier molecular flexibility index (Phi) is 11.6. The fourth-order valence-corrected chi connectivity index (χ4v) is 4.17. The van der Waals surface area contributed by atoms with Crippen molar-refractivity contribution >= 4 is 5.97 Å². The van der Waals surface area contributed by atoms with Gasteiger partial charge >= 0.3 is 5.97 Å². The van der Waals surface area contributed by atoms with Crippen molar-refractivity contribution in [3.05, 3.63) is 24.6 Å². The fraction of sp³-hybridized carbons (Fsp3) is 0.783. The van der Waals surface area contributed by atoms with Crippen LogP contribution in [0.15, 0.2) is 24.6 Å². The first-order chi connectivity index (χ1) is 13.3. The molecule has 1 aliphatic rings. The molecule has 4 nitrogen and oxygen atoms in total. The molecule has 0 aliphatic heterocycles. The summed E-state index contributed by atoms with van der Waals surface area (Å²) in [5.74, 6) is -2.42. The molecule has 0 spiro atoms. The summed E-state index contributed by atoms with van der Waals surface area (Å²) in [6, 6.07) is 0. The van der Waals surface area contributed by atoms with Crippen molar-refractivity contribution in [1.82, 2.24) is 0 Å². The molecule has 0 aromatic heterocycles. The number of rotatable bonds is 14. The molecule has 162 valence electrons. The van der Waals surface area contributed by atoms with Crippen molar-refractivity contribution < 1.29 is 24.1 Å². The molecule has 5 heteroatoms. The zero-order chi connectivity index (χ0) is 21.0. The Bertz CT molecular complexity index is 501. The highest BCUT2D eigenvalue weighted by Crippen LogP contribution is 2.37. The van der Waals surface area contributed by atoms with Gasteiger partial charge in [-0.25, -0.2) is 9.18 Å². The molecule has 1 aliphatic carbocycles. The topological polar surface area (TPSA) is 66.8 Å². The van der Waals surface area contributed by atoms with E-state index in [-0.39, 0.29) is 18.2 Å². The number of unbranched alkanes of at least 4 members (excludes halogenated alkanes) is 3. The minimum Gasteiger partial charge on any atom is -0.465 e. The summed E-state index contributed by atoms with van der Waals surface area (Å²) >= 11 is 0. The van der Waals surface area contributed by atoms with Crippen molar-refractivity contribution in [2.45, 2.75) is 89.8 Å². The van der Waals surface area contributed by atoms with E-state index in [1.165, 1.54) is 19.3 Å². The third kappa shape index (κ3) is 8.87. The average Bonchev–Trinajstić information content (AvgIpc) is 3.10. The van der Waals surface area contributed by atoms with Gasteiger partial charge in [0.2, 0.25) is 0 Å². The normalized spacial score (nSPS) is 21.2. The first-order valence-electron chi connectivity index (χ1n) is 10.9. The summed E-state index contributed by atoms with van der Waals surface area (Å²) in [6.07, 6.45) is 15.3. The molecule has 1 saturated carbocycles. The lowest BCUT2D eigenvalue weighted by Crippen LogP contribution is -2.39. The van der Waals surface area contributed by atoms with Crippen LogP contribution in [0.4, 0.5) is 4.39 Å². The number of hydrogen-bond donors (Lipinski definition) is 2. The Labute approximate surface area is 169 Å². The van der Waals surface area contributed by atoms with E-state index in [4.69, 9.17) is 0 Å². The number of halogens is 1. The second-order valence-electron chi connectivity index (χ2n) is 8.21. The molecule has 0 unspecified atom stereocenters. The van der Waals surface area contributed by atoms with E-state index < -0.39 is 11.8 Å². The molecule has 1 rings (SSSR count). The summed E-state index contributed by atoms with van der Waals surface area (Å²) in [5.41, 5.74) is 0. The minimum atomic E-state index is -2.37. The van der Waals surface area contributed by atoms with Crippen LogP contribution < -0.4 is 0 Å². The summed E-state index contributed by atoms with van der Waals surface area (Å²) in [6.45, 7) is 5.62. The Morgan fingerprint density at radius 3 is 2.68 bits per heavy atom. The Balaban J connectivity index is 2.32. The van der Waals surface area contributed by atoms with Crippen LogP contribution in [-0.4, -0.2) is 29.1 Å². The van der Waals surface area contributed by atoms with Gasteiger partial charge in [-0.3, -0.25) is 0 Å². The molecule has 2 N–H and O–H groups in total. The maximum atomic E-state index is 13.6. The highest BCUT2D eigenvalue weighted by Gasteiger charge is 2.33. The summed E-state index contributed by atoms with van der Waals surface area (Å²) < 4.78 is 18.0. The number of methoxy groups -OCH3 is 1. The van der Waals surface area contributed by atoms with E-state index in [1.54, 1.807) is 0 Å². The highest BCUT2D eigenvalue weighted by molar-refractivity contribution is 5.76. The predicted octanol–water partition coefficient (Wildman–Crippen LogP) is 5.44. The molecule has 0 heterocycles. The maximum Gasteiger partial charge on any atom is 0.366 e. The van der Waals surface area contributed by atoms with Crippen LogP contribution >= 0.6 is 0 Å². The number of ether oxygens (including phenoxy) is 1. The van der Waals surface area contributed by atoms with E-state index in [0.29, 0.717) is 18.3 Å². The molecule has 0 aromatic rings. The number of allylic oxidation sites excluding steroid dienone is 3. The third-order valence-electron chi connectivity index (χ3n) is 5.98. The Hall–Kier alpha value is -1.20. The lowest BCUT2D eigenvalue weighted by Gasteiger charge is -2.19. The maximum absolute atomic E-state index is 13.6. The second-order valence-corrected chi connectivity index (χ2v) is 8.21. The number of esters is 1. The van der Waals surface area contributed by atoms with Gasteiger partial charge in [-0.1, -0.05) is 57.8 Å². The van der Waals surface area contributed by atoms with Crippen molar-refractivity contribution in [3.63, 3.8) is 0 Å². The molecule has 0 aromatic carbocycles. The van der Waals surface area contributed by atoms with Crippen LogP contribution in [0.2, 0.25) is 0 Å². The van der Waals surface area contributed by atoms with Crippen LogP contribution in [0.25, 0.3) is 0 Å². The zero-order valence-electron chi connectivity index (χ0n) is 17.7. The monoisotopic (exact) mass is 398 g/mol. The smallest absolute Gasteiger partial charge is 0.366 e. The van der Waals surface area contributed by atoms with Gasteiger partial charge in [-0.2, -0.15) is 0 Å². The Morgan fingerprint density at radius 2 is 2.04 bits per heavy atom. The number of aliphatic hydroxyl groups is 2. The van der Waals surface area contributed by atoms with Crippen molar-refractivity contribution in [3.8, 4) is 0 Å². The standard InChI is InChI=1S/C23H39FO4/c1-4-5-11-19(18(2)24)13-9-14-21-16-10-15-20(21)12-7-6-8-17-23(26,27)22(25)28-3/h9,14,19-21,26-27H,2,4-8,10-13,15-17H2,1,3H3/t19-,20-,21-/m0/s1. The Morgan fingerprint density at radius 1 is 1.29 bits per heavy atom. The minimum absolute atomic E-state index is 0.0000624. The van der Waals surface area contributed by atoms with Crippen LogP contribution in [0.5, 0.6) is 0 Å². The van der Waals surface area contributed by atoms with E-state index in [9.17, 15) is 19.4 Å². The number of carbonyl (C=O) groups excluding carboxylic acids is 1. The van der Waals surface area contributed by atoms with E-state index in [2.05, 4.69) is 30.4 Å². The van der Waals surface area contributed by atoms with Crippen LogP contribution in [-0.2, 0) is 9.53 Å². The molecule has 0 amide bonds. The largest absolute Gasteiger partial charge is 0.465 e. The second kappa shape index (κ2) is 13.1. The van der Waals surface area contributed by atoms with Crippen LogP contribution in [0.3, 0.4) is 0 Å². The molecular formula is C23H39FO4. The van der Waals surface area contributed by atoms with Gasteiger partial charge in [0, 0.05) is 12.3 Å². The molecule has 0 bridgehead atoms. The first-order valence-corrected chi connectivity index (χ1v) is 10.9. The highest BCUT2D eigenvalue weighted by atomic mass is 19.1. The predicted molar refractivity (Wildman–Crippen MR) is 110 cm³/mol. The van der Waals surface area contributed by atoms with E-state index in [0.717, 1.165) is 52.1 Å². The first kappa shape index (κ1) is 24.8. The van der Waals surface area contributed by atoms with Crippen molar-refractivity contribution in [2.24, 2.45) is 17.8 Å². The summed E-state index contributed by atoms with van der Waals surface area (Å²) in [5, 5.41) is 19.2. The van der Waals surface area contributed by atoms with Gasteiger partial charge in [-0.05, 0) is 50.4 Å². The van der Waals surface area contributed by atoms with Crippen LogP contribution in [0, 0.1) is 17.8 Å². The van der Waals surface area contributed by atoms with E-state index in [1.807, 2.05) is 0 Å². The average molecular weight is 399 g/mol. The molecular weight excluding hydrogens is 359 g/mol. The molecule has 28 heavy (non-hydrogen) atoms. The van der Waals surface area contributed by atoms with Gasteiger partial charge in [0.15, 0.2) is 0 Å². The van der Waals surface area contributed by atoms with Gasteiger partial charge < -0.3 is 14.9 Å². The van der Waals surface area contributed by atoms with Crippen LogP contribution in [0.1, 0.15) is 84.0 Å². The van der Waals surface area contributed by atoms with E-state index >= 15 is 0 Å². The molecule has 3 atom stereocenters. The summed E-state index contributed by atoms with van der Waals surface area (Å²) in [4.78, 5) is 11.2. The van der Waals surface area contributed by atoms with Gasteiger partial charge in [-0.15, -0.1) is 0 Å². The zero-order valence-corrected chi connectivity index (χ0v) is 17.7. The number of carbonyl (C=O) groups is 1. The van der Waals surface area contributed by atoms with Gasteiger partial charge in [0.25, 0.3) is 5.79 Å². The van der Waals surface area contributed by atoms with Gasteiger partial charge in [0.1, 0.15) is 0 Å². The quantitative estimate of drug-likeness (QED) is 0.177. The molecule has 0 radical (unpaired) electrons. The third-order valence-corrected chi connectivity index (χ3v) is 5.98. The summed E-state index contributed by atoms with van der Waals surface area (Å²) in [7, 11) is 1.15.